The van der Waals surface area contributed by atoms with Crippen molar-refractivity contribution in [2.45, 2.75) is 12.5 Å². The van der Waals surface area contributed by atoms with Crippen LogP contribution in [0.1, 0.15) is 18.0 Å². The summed E-state index contributed by atoms with van der Waals surface area (Å²) in [6, 6.07) is 10.00. The van der Waals surface area contributed by atoms with Gasteiger partial charge in [-0.2, -0.15) is 5.26 Å². The van der Waals surface area contributed by atoms with Gasteiger partial charge in [0.1, 0.15) is 0 Å². The highest BCUT2D eigenvalue weighted by Crippen LogP contribution is 2.16. The van der Waals surface area contributed by atoms with Crippen LogP contribution in [-0.4, -0.2) is 20.1 Å². The van der Waals surface area contributed by atoms with E-state index in [4.69, 9.17) is 16.7 Å². The van der Waals surface area contributed by atoms with Crippen LogP contribution in [0.2, 0.25) is 0 Å². The minimum atomic E-state index is -0.0986. The van der Waals surface area contributed by atoms with Crippen molar-refractivity contribution in [1.82, 2.24) is 0 Å². The summed E-state index contributed by atoms with van der Waals surface area (Å²) >= 11 is 0. The van der Waals surface area contributed by atoms with E-state index >= 15 is 0 Å². The zero-order valence-corrected chi connectivity index (χ0v) is 9.56. The fourth-order valence-electron chi connectivity index (χ4n) is 1.46. The predicted octanol–water partition coefficient (Wildman–Crippen LogP) is 0.995. The largest absolute Gasteiger partial charge is 0.374 e. The second kappa shape index (κ2) is 6.11. The lowest BCUT2D eigenvalue weighted by atomic mass is 10.1. The van der Waals surface area contributed by atoms with Crippen LogP contribution in [-0.2, 0) is 0 Å². The molecule has 1 rings (SSSR count). The molecular formula is C12H18N4. The van der Waals surface area contributed by atoms with E-state index in [1.54, 1.807) is 0 Å². The van der Waals surface area contributed by atoms with Crippen molar-refractivity contribution in [3.8, 4) is 6.07 Å². The number of anilines is 1. The lowest BCUT2D eigenvalue weighted by molar-refractivity contribution is 0.737. The fraction of sp³-hybridized carbons (Fsp3) is 0.417. The van der Waals surface area contributed by atoms with Gasteiger partial charge in [-0.25, -0.2) is 0 Å². The van der Waals surface area contributed by atoms with Crippen molar-refractivity contribution < 1.29 is 0 Å². The van der Waals surface area contributed by atoms with Gasteiger partial charge in [0.2, 0.25) is 0 Å². The van der Waals surface area contributed by atoms with Gasteiger partial charge in [0.05, 0.1) is 12.5 Å². The molecule has 4 nitrogen and oxygen atoms in total. The summed E-state index contributed by atoms with van der Waals surface area (Å²) in [6.45, 7) is 1.18. The molecule has 0 aliphatic heterocycles. The molecule has 0 aliphatic carbocycles. The van der Waals surface area contributed by atoms with Crippen LogP contribution in [0.3, 0.4) is 0 Å². The number of benzene rings is 1. The van der Waals surface area contributed by atoms with Gasteiger partial charge < -0.3 is 16.4 Å². The van der Waals surface area contributed by atoms with E-state index in [1.165, 1.54) is 0 Å². The maximum absolute atomic E-state index is 8.50. The van der Waals surface area contributed by atoms with Gasteiger partial charge in [-0.1, -0.05) is 12.1 Å². The summed E-state index contributed by atoms with van der Waals surface area (Å²) in [5, 5.41) is 8.50. The Morgan fingerprint density at radius 1 is 1.38 bits per heavy atom. The van der Waals surface area contributed by atoms with E-state index in [1.807, 2.05) is 36.2 Å². The number of nitrogens with two attached hydrogens (primary N) is 2. The van der Waals surface area contributed by atoms with Gasteiger partial charge in [0, 0.05) is 31.9 Å². The zero-order chi connectivity index (χ0) is 12.0. The molecule has 86 valence electrons. The minimum absolute atomic E-state index is 0.0986. The third-order valence-electron chi connectivity index (χ3n) is 2.57. The van der Waals surface area contributed by atoms with Gasteiger partial charge >= 0.3 is 0 Å². The Hall–Kier alpha value is -1.57. The van der Waals surface area contributed by atoms with Crippen LogP contribution in [0.25, 0.3) is 0 Å². The molecule has 0 saturated carbocycles. The normalized spacial score (nSPS) is 11.9. The molecule has 4 heteroatoms. The zero-order valence-electron chi connectivity index (χ0n) is 9.56. The number of hydrogen-bond acceptors (Lipinski definition) is 4. The van der Waals surface area contributed by atoms with Crippen LogP contribution in [0.4, 0.5) is 5.69 Å². The van der Waals surface area contributed by atoms with Crippen LogP contribution in [0.5, 0.6) is 0 Å². The van der Waals surface area contributed by atoms with Crippen molar-refractivity contribution in [3.05, 3.63) is 29.8 Å². The number of nitriles is 1. The van der Waals surface area contributed by atoms with Gasteiger partial charge in [-0.3, -0.25) is 0 Å². The summed E-state index contributed by atoms with van der Waals surface area (Å²) in [7, 11) is 1.97. The number of rotatable bonds is 5. The molecule has 0 aliphatic rings. The Balaban J connectivity index is 2.67. The van der Waals surface area contributed by atoms with Crippen molar-refractivity contribution >= 4 is 5.69 Å². The fourth-order valence-corrected chi connectivity index (χ4v) is 1.46. The summed E-state index contributed by atoms with van der Waals surface area (Å²) in [5.41, 5.74) is 13.4. The summed E-state index contributed by atoms with van der Waals surface area (Å²) < 4.78 is 0. The summed E-state index contributed by atoms with van der Waals surface area (Å²) in [6.07, 6.45) is 0.528. The standard InChI is InChI=1S/C12H18N4/c1-16(8-2-7-13)11-5-3-10(4-6-11)12(15)9-14/h3-6,12H,2,8-9,14-15H2,1H3/t12-/m0/s1. The molecule has 0 bridgehead atoms. The van der Waals surface area contributed by atoms with Crippen LogP contribution >= 0.6 is 0 Å². The van der Waals surface area contributed by atoms with Gasteiger partial charge in [0.15, 0.2) is 0 Å². The lowest BCUT2D eigenvalue weighted by Gasteiger charge is -2.18. The molecule has 4 N–H and O–H groups in total. The van der Waals surface area contributed by atoms with Crippen molar-refractivity contribution in [2.24, 2.45) is 11.5 Å². The quantitative estimate of drug-likeness (QED) is 0.772. The molecular weight excluding hydrogens is 200 g/mol. The topological polar surface area (TPSA) is 79.1 Å². The Morgan fingerprint density at radius 3 is 2.50 bits per heavy atom. The lowest BCUT2D eigenvalue weighted by Crippen LogP contribution is -2.21. The predicted molar refractivity (Wildman–Crippen MR) is 65.9 cm³/mol. The molecule has 0 aromatic heterocycles. The molecule has 1 atom stereocenters. The van der Waals surface area contributed by atoms with Crippen LogP contribution in [0.15, 0.2) is 24.3 Å². The number of hydrogen-bond donors (Lipinski definition) is 2. The first-order valence-corrected chi connectivity index (χ1v) is 5.32. The molecule has 1 aromatic carbocycles. The average molecular weight is 218 g/mol. The second-order valence-electron chi connectivity index (χ2n) is 3.76. The SMILES string of the molecule is CN(CCC#N)c1ccc([C@@H](N)CN)cc1. The Labute approximate surface area is 96.5 Å². The average Bonchev–Trinajstić information content (AvgIpc) is 2.35. The van der Waals surface area contributed by atoms with E-state index in [0.717, 1.165) is 17.8 Å². The molecule has 1 aromatic rings. The van der Waals surface area contributed by atoms with E-state index in [0.29, 0.717) is 13.0 Å². The van der Waals surface area contributed by atoms with Gasteiger partial charge in [0.25, 0.3) is 0 Å². The second-order valence-corrected chi connectivity index (χ2v) is 3.76. The van der Waals surface area contributed by atoms with Gasteiger partial charge in [-0.15, -0.1) is 0 Å². The molecule has 0 heterocycles. The first kappa shape index (κ1) is 12.5. The Bertz CT molecular complexity index is 352. The van der Waals surface area contributed by atoms with Crippen molar-refractivity contribution in [3.63, 3.8) is 0 Å². The first-order valence-electron chi connectivity index (χ1n) is 5.32. The summed E-state index contributed by atoms with van der Waals surface area (Å²) in [4.78, 5) is 2.04. The third kappa shape index (κ3) is 3.23. The number of nitrogens with zero attached hydrogens (tertiary/aromatic N) is 2. The molecule has 0 spiro atoms. The molecule has 0 unspecified atom stereocenters. The molecule has 0 radical (unpaired) electrons. The van der Waals surface area contributed by atoms with Crippen molar-refractivity contribution in [1.29, 1.82) is 5.26 Å². The summed E-state index contributed by atoms with van der Waals surface area (Å²) in [5.74, 6) is 0. The van der Waals surface area contributed by atoms with Gasteiger partial charge in [-0.05, 0) is 17.7 Å². The van der Waals surface area contributed by atoms with E-state index in [9.17, 15) is 0 Å². The Kier molecular flexibility index (Phi) is 4.77. The Morgan fingerprint density at radius 2 is 2.00 bits per heavy atom. The highest BCUT2D eigenvalue weighted by molar-refractivity contribution is 5.47. The third-order valence-corrected chi connectivity index (χ3v) is 2.57. The highest BCUT2D eigenvalue weighted by atomic mass is 15.1. The maximum atomic E-state index is 8.50. The molecule has 0 fully saturated rings. The molecule has 0 saturated heterocycles. The smallest absolute Gasteiger partial charge is 0.0640 e. The first-order chi connectivity index (χ1) is 7.69. The van der Waals surface area contributed by atoms with E-state index < -0.39 is 0 Å². The van der Waals surface area contributed by atoms with Crippen molar-refractivity contribution in [2.75, 3.05) is 25.0 Å². The molecule has 0 amide bonds. The van der Waals surface area contributed by atoms with Crippen LogP contribution in [0, 0.1) is 11.3 Å². The highest BCUT2D eigenvalue weighted by Gasteiger charge is 2.04. The molecule has 16 heavy (non-hydrogen) atoms. The minimum Gasteiger partial charge on any atom is -0.374 e. The van der Waals surface area contributed by atoms with Crippen LogP contribution < -0.4 is 16.4 Å². The van der Waals surface area contributed by atoms with E-state index in [2.05, 4.69) is 6.07 Å². The van der Waals surface area contributed by atoms with E-state index in [-0.39, 0.29) is 6.04 Å². The monoisotopic (exact) mass is 218 g/mol. The maximum Gasteiger partial charge on any atom is 0.0640 e.